The Balaban J connectivity index is 2.19. The largest absolute Gasteiger partial charge is 0.288 e. The van der Waals surface area contributed by atoms with E-state index in [4.69, 9.17) is 0 Å². The van der Waals surface area contributed by atoms with Gasteiger partial charge in [0.05, 0.1) is 0 Å². The Morgan fingerprint density at radius 2 is 2.00 bits per heavy atom. The van der Waals surface area contributed by atoms with Crippen molar-refractivity contribution in [3.8, 4) is 0 Å². The molecule has 1 aromatic rings. The second kappa shape index (κ2) is 3.62. The molecule has 0 spiro atoms. The molecule has 1 unspecified atom stereocenters. The van der Waals surface area contributed by atoms with E-state index in [2.05, 4.69) is 23.8 Å². The molecule has 0 fully saturated rings. The van der Waals surface area contributed by atoms with E-state index in [1.807, 2.05) is 24.3 Å². The van der Waals surface area contributed by atoms with Gasteiger partial charge in [0.25, 0.3) is 0 Å². The van der Waals surface area contributed by atoms with E-state index in [1.165, 1.54) is 5.56 Å². The van der Waals surface area contributed by atoms with Gasteiger partial charge in [-0.2, -0.15) is 10.0 Å². The van der Waals surface area contributed by atoms with Crippen molar-refractivity contribution in [3.05, 3.63) is 47.4 Å². The molecule has 0 saturated heterocycles. The first-order chi connectivity index (χ1) is 6.71. The molecule has 0 amide bonds. The number of hydrogen-bond donors (Lipinski definition) is 0. The lowest BCUT2D eigenvalue weighted by Gasteiger charge is -2.26. The summed E-state index contributed by atoms with van der Waals surface area (Å²) in [5, 5.41) is 2.55. The van der Waals surface area contributed by atoms with Crippen LogP contribution in [0, 0.1) is 0 Å². The van der Waals surface area contributed by atoms with Crippen molar-refractivity contribution < 1.29 is 4.79 Å². The third kappa shape index (κ3) is 1.75. The zero-order valence-corrected chi connectivity index (χ0v) is 9.09. The van der Waals surface area contributed by atoms with Crippen LogP contribution in [0.15, 0.2) is 41.8 Å². The standard InChI is InChI=1S/C12H14OS/c1-14(9-5-8-12(14)13)10-11-6-3-2-4-7-11/h2-7,9H,8,10H2,1H3. The molecule has 0 aliphatic carbocycles. The van der Waals surface area contributed by atoms with Crippen LogP contribution in [0.1, 0.15) is 12.0 Å². The van der Waals surface area contributed by atoms with Gasteiger partial charge in [-0.05, 0) is 17.2 Å². The molecule has 74 valence electrons. The summed E-state index contributed by atoms with van der Waals surface area (Å²) in [5.74, 6) is 0.906. The zero-order valence-electron chi connectivity index (χ0n) is 8.27. The Bertz CT molecular complexity index is 369. The highest BCUT2D eigenvalue weighted by Gasteiger charge is 2.27. The van der Waals surface area contributed by atoms with Gasteiger partial charge in [-0.3, -0.25) is 4.79 Å². The van der Waals surface area contributed by atoms with Gasteiger partial charge in [-0.1, -0.05) is 36.4 Å². The molecular weight excluding hydrogens is 192 g/mol. The number of carbonyl (C=O) groups excluding carboxylic acids is 1. The van der Waals surface area contributed by atoms with Crippen molar-refractivity contribution in [3.63, 3.8) is 0 Å². The molecule has 14 heavy (non-hydrogen) atoms. The predicted octanol–water partition coefficient (Wildman–Crippen LogP) is 3.07. The van der Waals surface area contributed by atoms with Crippen LogP contribution < -0.4 is 0 Å². The summed E-state index contributed by atoms with van der Waals surface area (Å²) < 4.78 is 0. The Hall–Kier alpha value is -1.02. The molecule has 0 aromatic heterocycles. The maximum Gasteiger partial charge on any atom is 0.179 e. The molecule has 1 nitrogen and oxygen atoms in total. The van der Waals surface area contributed by atoms with E-state index >= 15 is 0 Å². The van der Waals surface area contributed by atoms with Crippen LogP contribution in [0.2, 0.25) is 0 Å². The van der Waals surface area contributed by atoms with Crippen molar-refractivity contribution in [1.82, 2.24) is 0 Å². The normalized spacial score (nSPS) is 30.2. The minimum Gasteiger partial charge on any atom is -0.288 e. The average molecular weight is 206 g/mol. The summed E-state index contributed by atoms with van der Waals surface area (Å²) in [6, 6.07) is 10.3. The second-order valence-corrected chi connectivity index (χ2v) is 7.07. The molecule has 0 N–H and O–H groups in total. The molecule has 0 radical (unpaired) electrons. The van der Waals surface area contributed by atoms with Crippen LogP contribution in [-0.4, -0.2) is 11.4 Å². The molecule has 0 bridgehead atoms. The monoisotopic (exact) mass is 206 g/mol. The lowest BCUT2D eigenvalue weighted by Crippen LogP contribution is -2.05. The maximum absolute atomic E-state index is 11.7. The molecule has 1 aliphatic rings. The molecular formula is C12H14OS. The highest BCUT2D eigenvalue weighted by Crippen LogP contribution is 2.54. The molecule has 2 heteroatoms. The number of rotatable bonds is 2. The van der Waals surface area contributed by atoms with Gasteiger partial charge in [0.1, 0.15) is 0 Å². The maximum atomic E-state index is 11.7. The van der Waals surface area contributed by atoms with Crippen LogP contribution in [0.3, 0.4) is 0 Å². The first-order valence-electron chi connectivity index (χ1n) is 4.70. The fraction of sp³-hybridized carbons (Fsp3) is 0.250. The minimum absolute atomic E-state index is 0.418. The minimum atomic E-state index is -1.15. The number of allylic oxidation sites excluding steroid dienone is 1. The van der Waals surface area contributed by atoms with Crippen LogP contribution in [0.25, 0.3) is 0 Å². The number of carbonyl (C=O) groups is 1. The molecule has 1 atom stereocenters. The highest BCUT2D eigenvalue weighted by molar-refractivity contribution is 8.46. The third-order valence-electron chi connectivity index (χ3n) is 2.51. The van der Waals surface area contributed by atoms with E-state index in [-0.39, 0.29) is 0 Å². The molecule has 1 aliphatic heterocycles. The fourth-order valence-electron chi connectivity index (χ4n) is 1.67. The predicted molar refractivity (Wildman–Crippen MR) is 62.4 cm³/mol. The van der Waals surface area contributed by atoms with Gasteiger partial charge < -0.3 is 0 Å². The lowest BCUT2D eigenvalue weighted by atomic mass is 10.2. The molecule has 1 aromatic carbocycles. The van der Waals surface area contributed by atoms with Gasteiger partial charge >= 0.3 is 0 Å². The van der Waals surface area contributed by atoms with Crippen molar-refractivity contribution in [2.45, 2.75) is 12.2 Å². The lowest BCUT2D eigenvalue weighted by molar-refractivity contribution is -0.110. The van der Waals surface area contributed by atoms with Gasteiger partial charge in [0, 0.05) is 12.2 Å². The summed E-state index contributed by atoms with van der Waals surface area (Å²) >= 11 is 0. The Morgan fingerprint density at radius 1 is 1.29 bits per heavy atom. The smallest absolute Gasteiger partial charge is 0.179 e. The van der Waals surface area contributed by atoms with Crippen LogP contribution in [-0.2, 0) is 10.5 Å². The summed E-state index contributed by atoms with van der Waals surface area (Å²) in [5.41, 5.74) is 1.27. The molecule has 0 saturated carbocycles. The topological polar surface area (TPSA) is 17.1 Å². The van der Waals surface area contributed by atoms with Crippen LogP contribution >= 0.6 is 10.0 Å². The Labute approximate surface area is 86.1 Å². The highest BCUT2D eigenvalue weighted by atomic mass is 32.3. The van der Waals surface area contributed by atoms with Crippen LogP contribution in [0.4, 0.5) is 0 Å². The summed E-state index contributed by atoms with van der Waals surface area (Å²) in [7, 11) is -1.15. The first-order valence-corrected chi connectivity index (χ1v) is 6.97. The van der Waals surface area contributed by atoms with E-state index in [0.29, 0.717) is 11.5 Å². The van der Waals surface area contributed by atoms with Crippen molar-refractivity contribution in [1.29, 1.82) is 0 Å². The molecule has 2 rings (SSSR count). The van der Waals surface area contributed by atoms with Gasteiger partial charge in [0.15, 0.2) is 5.12 Å². The average Bonchev–Trinajstić information content (AvgIpc) is 2.48. The third-order valence-corrected chi connectivity index (χ3v) is 5.44. The zero-order chi connectivity index (χ0) is 10.0. The number of hydrogen-bond acceptors (Lipinski definition) is 1. The Morgan fingerprint density at radius 3 is 2.57 bits per heavy atom. The van der Waals surface area contributed by atoms with Crippen LogP contribution in [0.5, 0.6) is 0 Å². The quantitative estimate of drug-likeness (QED) is 0.726. The summed E-state index contributed by atoms with van der Waals surface area (Å²) in [6.07, 6.45) is 4.76. The second-order valence-electron chi connectivity index (χ2n) is 3.74. The summed E-state index contributed by atoms with van der Waals surface area (Å²) in [6.45, 7) is 0. The van der Waals surface area contributed by atoms with E-state index in [9.17, 15) is 4.79 Å². The van der Waals surface area contributed by atoms with E-state index in [0.717, 1.165) is 5.75 Å². The summed E-state index contributed by atoms with van der Waals surface area (Å²) in [4.78, 5) is 11.7. The van der Waals surface area contributed by atoms with Gasteiger partial charge in [0.2, 0.25) is 0 Å². The van der Waals surface area contributed by atoms with E-state index in [1.54, 1.807) is 0 Å². The van der Waals surface area contributed by atoms with Crippen molar-refractivity contribution >= 4 is 15.1 Å². The van der Waals surface area contributed by atoms with Crippen molar-refractivity contribution in [2.75, 3.05) is 6.26 Å². The fourth-order valence-corrected chi connectivity index (χ4v) is 3.96. The van der Waals surface area contributed by atoms with E-state index < -0.39 is 10.0 Å². The first kappa shape index (κ1) is 9.53. The molecule has 1 heterocycles. The Kier molecular flexibility index (Phi) is 2.46. The number of benzene rings is 1. The van der Waals surface area contributed by atoms with Gasteiger partial charge in [-0.25, -0.2) is 0 Å². The van der Waals surface area contributed by atoms with Crippen molar-refractivity contribution in [2.24, 2.45) is 0 Å². The van der Waals surface area contributed by atoms with Gasteiger partial charge in [-0.15, -0.1) is 0 Å². The SMILES string of the molecule is CS1(Cc2ccccc2)C=CCC1=O.